The van der Waals surface area contributed by atoms with Crippen LogP contribution >= 0.6 is 0 Å². The van der Waals surface area contributed by atoms with E-state index in [-0.39, 0.29) is 30.4 Å². The van der Waals surface area contributed by atoms with Crippen molar-refractivity contribution < 1.29 is 18.4 Å². The van der Waals surface area contributed by atoms with Gasteiger partial charge in [0, 0.05) is 24.7 Å². The molecule has 0 saturated carbocycles. The molecule has 4 nitrogen and oxygen atoms in total. The van der Waals surface area contributed by atoms with E-state index in [0.29, 0.717) is 11.1 Å². The van der Waals surface area contributed by atoms with Crippen molar-refractivity contribution in [3.8, 4) is 0 Å². The summed E-state index contributed by atoms with van der Waals surface area (Å²) in [6.45, 7) is 3.81. The van der Waals surface area contributed by atoms with Crippen LogP contribution in [0.15, 0.2) is 48.5 Å². The SMILES string of the molecule is C/C(=C\C(=O)NCCNC(=O)c1ccc(C)c(F)c1)c1ccc(F)cc1. The number of carbonyl (C=O) groups excluding carboxylic acids is 2. The number of aryl methyl sites for hydroxylation is 1. The molecule has 0 aliphatic heterocycles. The van der Waals surface area contributed by atoms with Crippen LogP contribution in [-0.2, 0) is 4.79 Å². The van der Waals surface area contributed by atoms with Gasteiger partial charge in [-0.2, -0.15) is 0 Å². The average Bonchev–Trinajstić information content (AvgIpc) is 2.61. The number of hydrogen-bond donors (Lipinski definition) is 2. The van der Waals surface area contributed by atoms with E-state index < -0.39 is 11.7 Å². The number of allylic oxidation sites excluding steroid dienone is 1. The monoisotopic (exact) mass is 358 g/mol. The van der Waals surface area contributed by atoms with Gasteiger partial charge < -0.3 is 10.6 Å². The van der Waals surface area contributed by atoms with Crippen molar-refractivity contribution in [2.45, 2.75) is 13.8 Å². The van der Waals surface area contributed by atoms with Crippen LogP contribution in [0.5, 0.6) is 0 Å². The van der Waals surface area contributed by atoms with Crippen molar-refractivity contribution in [1.82, 2.24) is 10.6 Å². The standard InChI is InChI=1S/C20H20F2N2O2/c1-13-3-4-16(12-18(13)22)20(26)24-10-9-23-19(25)11-14(2)15-5-7-17(21)8-6-15/h3-8,11-12H,9-10H2,1-2H3,(H,23,25)(H,24,26)/b14-11+. The van der Waals surface area contributed by atoms with Crippen molar-refractivity contribution >= 4 is 17.4 Å². The normalized spacial score (nSPS) is 11.2. The number of amides is 2. The zero-order valence-electron chi connectivity index (χ0n) is 14.6. The molecule has 0 atom stereocenters. The minimum atomic E-state index is -0.438. The molecule has 0 fully saturated rings. The van der Waals surface area contributed by atoms with E-state index in [1.165, 1.54) is 30.3 Å². The molecule has 2 rings (SSSR count). The van der Waals surface area contributed by atoms with Crippen molar-refractivity contribution in [1.29, 1.82) is 0 Å². The van der Waals surface area contributed by atoms with E-state index in [4.69, 9.17) is 0 Å². The lowest BCUT2D eigenvalue weighted by molar-refractivity contribution is -0.116. The number of halogens is 2. The van der Waals surface area contributed by atoms with Crippen LogP contribution in [0.3, 0.4) is 0 Å². The molecule has 0 heterocycles. The molecule has 0 saturated heterocycles. The largest absolute Gasteiger partial charge is 0.351 e. The van der Waals surface area contributed by atoms with Crippen molar-refractivity contribution in [2.24, 2.45) is 0 Å². The van der Waals surface area contributed by atoms with E-state index in [1.807, 2.05) is 0 Å². The Kier molecular flexibility index (Phi) is 6.60. The molecule has 0 aromatic heterocycles. The summed E-state index contributed by atoms with van der Waals surface area (Å²) in [5, 5.41) is 5.25. The second-order valence-electron chi connectivity index (χ2n) is 5.85. The molecule has 136 valence electrons. The Hall–Kier alpha value is -3.02. The van der Waals surface area contributed by atoms with Crippen molar-refractivity contribution in [3.05, 3.63) is 76.9 Å². The molecule has 0 unspecified atom stereocenters. The molecular weight excluding hydrogens is 338 g/mol. The third-order valence-electron chi connectivity index (χ3n) is 3.79. The molecule has 0 radical (unpaired) electrons. The Morgan fingerprint density at radius 2 is 1.58 bits per heavy atom. The highest BCUT2D eigenvalue weighted by Gasteiger charge is 2.07. The predicted octanol–water partition coefficient (Wildman–Crippen LogP) is 3.22. The van der Waals surface area contributed by atoms with Crippen LogP contribution in [0.2, 0.25) is 0 Å². The van der Waals surface area contributed by atoms with Gasteiger partial charge in [-0.1, -0.05) is 18.2 Å². The van der Waals surface area contributed by atoms with Gasteiger partial charge in [0.05, 0.1) is 0 Å². The summed E-state index contributed by atoms with van der Waals surface area (Å²) < 4.78 is 26.3. The first-order valence-electron chi connectivity index (χ1n) is 8.13. The van der Waals surface area contributed by atoms with E-state index in [0.717, 1.165) is 5.56 Å². The van der Waals surface area contributed by atoms with E-state index >= 15 is 0 Å². The highest BCUT2D eigenvalue weighted by molar-refractivity contribution is 5.95. The first kappa shape index (κ1) is 19.3. The van der Waals surface area contributed by atoms with Crippen LogP contribution in [0.25, 0.3) is 5.57 Å². The fourth-order valence-electron chi connectivity index (χ4n) is 2.24. The Morgan fingerprint density at radius 3 is 2.23 bits per heavy atom. The van der Waals surface area contributed by atoms with Gasteiger partial charge in [-0.25, -0.2) is 8.78 Å². The second-order valence-corrected chi connectivity index (χ2v) is 5.85. The Balaban J connectivity index is 1.79. The third kappa shape index (κ3) is 5.51. The van der Waals surface area contributed by atoms with Crippen molar-refractivity contribution in [2.75, 3.05) is 13.1 Å². The number of rotatable bonds is 6. The van der Waals surface area contributed by atoms with Gasteiger partial charge in [0.2, 0.25) is 5.91 Å². The zero-order valence-corrected chi connectivity index (χ0v) is 14.6. The molecule has 0 aliphatic carbocycles. The second kappa shape index (κ2) is 8.89. The summed E-state index contributed by atoms with van der Waals surface area (Å²) in [5.41, 5.74) is 2.14. The highest BCUT2D eigenvalue weighted by atomic mass is 19.1. The van der Waals surface area contributed by atoms with Gasteiger partial charge in [0.15, 0.2) is 0 Å². The van der Waals surface area contributed by atoms with Gasteiger partial charge in [-0.15, -0.1) is 0 Å². The van der Waals surface area contributed by atoms with Crippen molar-refractivity contribution in [3.63, 3.8) is 0 Å². The minimum absolute atomic E-state index is 0.212. The Morgan fingerprint density at radius 1 is 0.962 bits per heavy atom. The minimum Gasteiger partial charge on any atom is -0.351 e. The summed E-state index contributed by atoms with van der Waals surface area (Å²) in [5.74, 6) is -1.50. The van der Waals surface area contributed by atoms with E-state index in [1.54, 1.807) is 32.0 Å². The lowest BCUT2D eigenvalue weighted by Gasteiger charge is -2.07. The summed E-state index contributed by atoms with van der Waals surface area (Å²) in [6.07, 6.45) is 1.41. The third-order valence-corrected chi connectivity index (χ3v) is 3.79. The molecule has 2 amide bonds. The predicted molar refractivity (Wildman–Crippen MR) is 96.5 cm³/mol. The Bertz CT molecular complexity index is 830. The maximum Gasteiger partial charge on any atom is 0.251 e. The first-order chi connectivity index (χ1) is 12.4. The van der Waals surface area contributed by atoms with Gasteiger partial charge in [-0.3, -0.25) is 9.59 Å². The summed E-state index contributed by atoms with van der Waals surface area (Å²) >= 11 is 0. The van der Waals surface area contributed by atoms with Crippen LogP contribution in [0.1, 0.15) is 28.4 Å². The molecule has 0 spiro atoms. The van der Waals surface area contributed by atoms with Crippen LogP contribution in [0.4, 0.5) is 8.78 Å². The molecule has 2 N–H and O–H groups in total. The highest BCUT2D eigenvalue weighted by Crippen LogP contribution is 2.13. The molecule has 0 aliphatic rings. The zero-order chi connectivity index (χ0) is 19.1. The maximum atomic E-state index is 13.5. The topological polar surface area (TPSA) is 58.2 Å². The molecule has 26 heavy (non-hydrogen) atoms. The molecule has 0 bridgehead atoms. The molecule has 2 aromatic rings. The van der Waals surface area contributed by atoms with E-state index in [2.05, 4.69) is 10.6 Å². The summed E-state index contributed by atoms with van der Waals surface area (Å²) in [4.78, 5) is 23.8. The van der Waals surface area contributed by atoms with E-state index in [9.17, 15) is 18.4 Å². The quantitative estimate of drug-likeness (QED) is 0.615. The van der Waals surface area contributed by atoms with Crippen LogP contribution < -0.4 is 10.6 Å². The first-order valence-corrected chi connectivity index (χ1v) is 8.13. The molecule has 6 heteroatoms. The van der Waals surface area contributed by atoms with Gasteiger partial charge in [-0.05, 0) is 54.8 Å². The summed E-state index contributed by atoms with van der Waals surface area (Å²) in [7, 11) is 0. The summed E-state index contributed by atoms with van der Waals surface area (Å²) in [6, 6.07) is 10.1. The van der Waals surface area contributed by atoms with Crippen LogP contribution in [0, 0.1) is 18.6 Å². The molecular formula is C20H20F2N2O2. The van der Waals surface area contributed by atoms with Gasteiger partial charge in [0.25, 0.3) is 5.91 Å². The Labute approximate surface area is 150 Å². The molecule has 2 aromatic carbocycles. The number of hydrogen-bond acceptors (Lipinski definition) is 2. The van der Waals surface area contributed by atoms with Gasteiger partial charge >= 0.3 is 0 Å². The smallest absolute Gasteiger partial charge is 0.251 e. The number of carbonyl (C=O) groups is 2. The average molecular weight is 358 g/mol. The fraction of sp³-hybridized carbons (Fsp3) is 0.200. The lowest BCUT2D eigenvalue weighted by atomic mass is 10.1. The van der Waals surface area contributed by atoms with Crippen LogP contribution in [-0.4, -0.2) is 24.9 Å². The fourth-order valence-corrected chi connectivity index (χ4v) is 2.24. The lowest BCUT2D eigenvalue weighted by Crippen LogP contribution is -2.34. The number of nitrogens with one attached hydrogen (secondary N) is 2. The maximum absolute atomic E-state index is 13.5. The van der Waals surface area contributed by atoms with Gasteiger partial charge in [0.1, 0.15) is 11.6 Å². The number of benzene rings is 2.